The predicted molar refractivity (Wildman–Crippen MR) is 48.1 cm³/mol. The molecule has 1 fully saturated rings. The van der Waals surface area contributed by atoms with Gasteiger partial charge in [-0.3, -0.25) is 4.79 Å². The van der Waals surface area contributed by atoms with Crippen molar-refractivity contribution in [3.63, 3.8) is 0 Å². The largest absolute Gasteiger partial charge is 0.359 e. The summed E-state index contributed by atoms with van der Waals surface area (Å²) in [6, 6.07) is 0. The summed E-state index contributed by atoms with van der Waals surface area (Å²) in [5.74, 6) is 0. The van der Waals surface area contributed by atoms with Crippen molar-refractivity contribution in [2.75, 3.05) is 6.54 Å². The summed E-state index contributed by atoms with van der Waals surface area (Å²) in [6.45, 7) is 0.752. The molecule has 1 aromatic heterocycles. The molecule has 0 bridgehead atoms. The van der Waals surface area contributed by atoms with Gasteiger partial charge < -0.3 is 9.88 Å². The number of nitrogens with zero attached hydrogens (tertiary/aromatic N) is 2. The van der Waals surface area contributed by atoms with E-state index in [0.717, 1.165) is 19.4 Å². The van der Waals surface area contributed by atoms with Crippen LogP contribution in [0, 0.1) is 0 Å². The molecule has 1 N–H and O–H groups in total. The molecule has 2 rings (SSSR count). The Hall–Kier alpha value is -1.32. The maximum atomic E-state index is 10.1. The Bertz CT molecular complexity index is 277. The average Bonchev–Trinajstić information content (AvgIpc) is 2.74. The molecule has 4 nitrogen and oxygen atoms in total. The number of hydrogen-bond acceptors (Lipinski definition) is 2. The number of carbonyl (C=O) groups excluding carboxylic acids is 1. The van der Waals surface area contributed by atoms with E-state index in [-0.39, 0.29) is 5.54 Å². The number of carbonyl (C=O) groups is 1. The highest BCUT2D eigenvalue weighted by atomic mass is 16.1. The molecule has 1 aliphatic carbocycles. The lowest BCUT2D eigenvalue weighted by molar-refractivity contribution is -0.109. The fourth-order valence-corrected chi connectivity index (χ4v) is 1.69. The number of nitrogens with one attached hydrogen (secondary N) is 1. The second-order valence-electron chi connectivity index (χ2n) is 3.52. The lowest BCUT2D eigenvalue weighted by Gasteiger charge is -2.15. The Labute approximate surface area is 77.0 Å². The van der Waals surface area contributed by atoms with Crippen LogP contribution in [0.5, 0.6) is 0 Å². The van der Waals surface area contributed by atoms with Gasteiger partial charge in [-0.15, -0.1) is 0 Å². The summed E-state index contributed by atoms with van der Waals surface area (Å²) in [5, 5.41) is 2.69. The molecule has 0 aromatic carbocycles. The molecule has 0 aliphatic heterocycles. The van der Waals surface area contributed by atoms with Crippen molar-refractivity contribution in [1.82, 2.24) is 14.9 Å². The monoisotopic (exact) mass is 179 g/mol. The average molecular weight is 179 g/mol. The molecule has 0 atom stereocenters. The molecule has 1 aliphatic rings. The van der Waals surface area contributed by atoms with Crippen LogP contribution < -0.4 is 5.32 Å². The van der Waals surface area contributed by atoms with Crippen LogP contribution in [0.25, 0.3) is 0 Å². The fraction of sp³-hybridized carbons (Fsp3) is 0.556. The number of imidazole rings is 1. The van der Waals surface area contributed by atoms with Crippen molar-refractivity contribution < 1.29 is 4.79 Å². The second-order valence-corrected chi connectivity index (χ2v) is 3.52. The Morgan fingerprint density at radius 1 is 1.62 bits per heavy atom. The van der Waals surface area contributed by atoms with Crippen molar-refractivity contribution in [3.8, 4) is 0 Å². The molecule has 0 saturated heterocycles. The SMILES string of the molecule is O=CNCCC1(n2ccnc2)CC1. The van der Waals surface area contributed by atoms with Gasteiger partial charge in [-0.05, 0) is 19.3 Å². The Morgan fingerprint density at radius 2 is 2.46 bits per heavy atom. The first-order chi connectivity index (χ1) is 6.37. The highest BCUT2D eigenvalue weighted by Gasteiger charge is 2.43. The van der Waals surface area contributed by atoms with Crippen molar-refractivity contribution in [3.05, 3.63) is 18.7 Å². The molecule has 0 spiro atoms. The summed E-state index contributed by atoms with van der Waals surface area (Å²) in [6.07, 6.45) is 9.80. The number of amides is 1. The molecule has 1 heterocycles. The maximum Gasteiger partial charge on any atom is 0.207 e. The topological polar surface area (TPSA) is 46.9 Å². The third-order valence-electron chi connectivity index (χ3n) is 2.70. The molecule has 1 aromatic rings. The molecule has 13 heavy (non-hydrogen) atoms. The van der Waals surface area contributed by atoms with E-state index in [0.29, 0.717) is 0 Å². The summed E-state index contributed by atoms with van der Waals surface area (Å²) >= 11 is 0. The standard InChI is InChI=1S/C9H13N3O/c13-8-11-4-3-9(1-2-9)12-6-5-10-7-12/h5-8H,1-4H2,(H,11,13). The lowest BCUT2D eigenvalue weighted by atomic mass is 10.2. The summed E-state index contributed by atoms with van der Waals surface area (Å²) in [5.41, 5.74) is 0.256. The number of rotatable bonds is 5. The zero-order chi connectivity index (χ0) is 9.15. The van der Waals surface area contributed by atoms with Gasteiger partial charge >= 0.3 is 0 Å². The van der Waals surface area contributed by atoms with Crippen molar-refractivity contribution in [2.24, 2.45) is 0 Å². The van der Waals surface area contributed by atoms with Gasteiger partial charge in [-0.1, -0.05) is 0 Å². The van der Waals surface area contributed by atoms with Gasteiger partial charge in [0.15, 0.2) is 0 Å². The number of aromatic nitrogens is 2. The van der Waals surface area contributed by atoms with E-state index in [1.165, 1.54) is 12.8 Å². The normalized spacial score (nSPS) is 18.2. The first-order valence-electron chi connectivity index (χ1n) is 4.53. The van der Waals surface area contributed by atoms with Crippen molar-refractivity contribution in [1.29, 1.82) is 0 Å². The van der Waals surface area contributed by atoms with Gasteiger partial charge in [0, 0.05) is 24.5 Å². The lowest BCUT2D eigenvalue weighted by Crippen LogP contribution is -2.23. The minimum absolute atomic E-state index is 0.256. The van der Waals surface area contributed by atoms with E-state index in [1.54, 1.807) is 6.20 Å². The summed E-state index contributed by atoms with van der Waals surface area (Å²) in [4.78, 5) is 14.1. The molecule has 1 saturated carbocycles. The third kappa shape index (κ3) is 1.56. The predicted octanol–water partition coefficient (Wildman–Crippen LogP) is 0.508. The van der Waals surface area contributed by atoms with Gasteiger partial charge in [-0.25, -0.2) is 4.98 Å². The van der Waals surface area contributed by atoms with E-state index >= 15 is 0 Å². The smallest absolute Gasteiger partial charge is 0.207 e. The van der Waals surface area contributed by atoms with Crippen LogP contribution in [0.3, 0.4) is 0 Å². The van der Waals surface area contributed by atoms with Crippen LogP contribution in [0.4, 0.5) is 0 Å². The van der Waals surface area contributed by atoms with Crippen LogP contribution in [0.1, 0.15) is 19.3 Å². The summed E-state index contributed by atoms with van der Waals surface area (Å²) in [7, 11) is 0. The molecule has 0 unspecified atom stereocenters. The Balaban J connectivity index is 1.94. The minimum Gasteiger partial charge on any atom is -0.359 e. The molecule has 0 radical (unpaired) electrons. The summed E-state index contributed by atoms with van der Waals surface area (Å²) < 4.78 is 2.15. The zero-order valence-electron chi connectivity index (χ0n) is 7.44. The molecule has 4 heteroatoms. The molecule has 1 amide bonds. The quantitative estimate of drug-likeness (QED) is 0.528. The van der Waals surface area contributed by atoms with Gasteiger partial charge in [0.2, 0.25) is 6.41 Å². The van der Waals surface area contributed by atoms with Gasteiger partial charge in [0.05, 0.1) is 6.33 Å². The van der Waals surface area contributed by atoms with Gasteiger partial charge in [0.25, 0.3) is 0 Å². The highest BCUT2D eigenvalue weighted by Crippen LogP contribution is 2.45. The van der Waals surface area contributed by atoms with E-state index in [2.05, 4.69) is 14.9 Å². The van der Waals surface area contributed by atoms with Crippen molar-refractivity contribution in [2.45, 2.75) is 24.8 Å². The first-order valence-corrected chi connectivity index (χ1v) is 4.53. The zero-order valence-corrected chi connectivity index (χ0v) is 7.44. The van der Waals surface area contributed by atoms with Crippen molar-refractivity contribution >= 4 is 6.41 Å². The van der Waals surface area contributed by atoms with E-state index < -0.39 is 0 Å². The van der Waals surface area contributed by atoms with Crippen LogP contribution in [0.2, 0.25) is 0 Å². The van der Waals surface area contributed by atoms with E-state index in [1.807, 2.05) is 12.5 Å². The Morgan fingerprint density at radius 3 is 3.00 bits per heavy atom. The minimum atomic E-state index is 0.256. The van der Waals surface area contributed by atoms with Gasteiger partial charge in [0.1, 0.15) is 0 Å². The molecular formula is C9H13N3O. The van der Waals surface area contributed by atoms with E-state index in [9.17, 15) is 4.79 Å². The molecule has 70 valence electrons. The van der Waals surface area contributed by atoms with Gasteiger partial charge in [-0.2, -0.15) is 0 Å². The van der Waals surface area contributed by atoms with Crippen LogP contribution in [-0.4, -0.2) is 22.5 Å². The first kappa shape index (κ1) is 8.29. The van der Waals surface area contributed by atoms with Crippen LogP contribution >= 0.6 is 0 Å². The van der Waals surface area contributed by atoms with Crippen LogP contribution in [-0.2, 0) is 10.3 Å². The third-order valence-corrected chi connectivity index (χ3v) is 2.70. The maximum absolute atomic E-state index is 10.1. The second kappa shape index (κ2) is 3.20. The highest BCUT2D eigenvalue weighted by molar-refractivity contribution is 5.45. The Kier molecular flexibility index (Phi) is 2.04. The van der Waals surface area contributed by atoms with Crippen LogP contribution in [0.15, 0.2) is 18.7 Å². The number of hydrogen-bond donors (Lipinski definition) is 1. The van der Waals surface area contributed by atoms with E-state index in [4.69, 9.17) is 0 Å². The fourth-order valence-electron chi connectivity index (χ4n) is 1.69. The molecular weight excluding hydrogens is 166 g/mol.